The molecule has 1 N–H and O–H groups in total. The molecule has 2 aromatic heterocycles. The fourth-order valence-electron chi connectivity index (χ4n) is 5.46. The highest BCUT2D eigenvalue weighted by Crippen LogP contribution is 2.44. The van der Waals surface area contributed by atoms with Gasteiger partial charge in [-0.25, -0.2) is 4.98 Å². The van der Waals surface area contributed by atoms with Gasteiger partial charge in [-0.3, -0.25) is 9.59 Å². The molecule has 8 heteroatoms. The molecule has 0 saturated carbocycles. The van der Waals surface area contributed by atoms with E-state index in [2.05, 4.69) is 25.8 Å². The van der Waals surface area contributed by atoms with E-state index in [1.54, 1.807) is 18.3 Å². The molecule has 35 heavy (non-hydrogen) atoms. The first kappa shape index (κ1) is 21.2. The van der Waals surface area contributed by atoms with E-state index in [-0.39, 0.29) is 24.5 Å². The van der Waals surface area contributed by atoms with Crippen LogP contribution in [-0.2, 0) is 17.8 Å². The smallest absolute Gasteiger partial charge is 0.257 e. The van der Waals surface area contributed by atoms with E-state index in [1.807, 2.05) is 54.4 Å². The molecular weight excluding hydrogens is 442 g/mol. The van der Waals surface area contributed by atoms with E-state index in [4.69, 9.17) is 4.74 Å². The fraction of sp³-hybridized carbons (Fsp3) is 0.222. The van der Waals surface area contributed by atoms with Gasteiger partial charge in [0.25, 0.3) is 5.91 Å². The standard InChI is InChI=1S/C27H25N5O3/c1-30-21-11-5-4-9-19(21)27(34)31-15-13-18-17-8-3-6-12-22(17)32(24(18)26(30)31)16-23(33)29-20-10-7-14-28-25(20)35-2/h3-12,14,26H,13,15-16H2,1-2H3,(H,29,33)/t26-/m1/s1. The zero-order valence-corrected chi connectivity index (χ0v) is 19.6. The van der Waals surface area contributed by atoms with E-state index in [0.29, 0.717) is 23.7 Å². The van der Waals surface area contributed by atoms with Gasteiger partial charge in [-0.2, -0.15) is 0 Å². The first-order valence-electron chi connectivity index (χ1n) is 11.6. The summed E-state index contributed by atoms with van der Waals surface area (Å²) in [6.07, 6.45) is 2.06. The molecule has 176 valence electrons. The predicted octanol–water partition coefficient (Wildman–Crippen LogP) is 3.83. The van der Waals surface area contributed by atoms with Crippen LogP contribution < -0.4 is 15.0 Å². The van der Waals surface area contributed by atoms with Gasteiger partial charge in [0.15, 0.2) is 0 Å². The van der Waals surface area contributed by atoms with Crippen LogP contribution >= 0.6 is 0 Å². The first-order valence-corrected chi connectivity index (χ1v) is 11.6. The lowest BCUT2D eigenvalue weighted by atomic mass is 9.96. The number of para-hydroxylation sites is 2. The number of ether oxygens (including phenoxy) is 1. The van der Waals surface area contributed by atoms with E-state index in [0.717, 1.165) is 28.7 Å². The van der Waals surface area contributed by atoms with Crippen molar-refractivity contribution < 1.29 is 14.3 Å². The number of benzene rings is 2. The van der Waals surface area contributed by atoms with Crippen LogP contribution in [0.25, 0.3) is 10.9 Å². The molecule has 0 bridgehead atoms. The Labute approximate surface area is 202 Å². The van der Waals surface area contributed by atoms with Crippen LogP contribution in [0.2, 0.25) is 0 Å². The van der Waals surface area contributed by atoms with Gasteiger partial charge in [0.1, 0.15) is 18.4 Å². The van der Waals surface area contributed by atoms with E-state index in [9.17, 15) is 9.59 Å². The SMILES string of the molecule is COc1ncccc1NC(=O)Cn1c2c(c3ccccc31)CCN1C(=O)c3ccccc3N(C)[C@@H]21. The number of methoxy groups -OCH3 is 1. The zero-order valence-electron chi connectivity index (χ0n) is 19.6. The van der Waals surface area contributed by atoms with E-state index in [1.165, 1.54) is 12.7 Å². The maximum Gasteiger partial charge on any atom is 0.257 e. The number of hydrogen-bond acceptors (Lipinski definition) is 5. The lowest BCUT2D eigenvalue weighted by Gasteiger charge is -2.46. The van der Waals surface area contributed by atoms with Gasteiger partial charge in [0.2, 0.25) is 11.8 Å². The second-order valence-electron chi connectivity index (χ2n) is 8.83. The number of aromatic nitrogens is 2. The van der Waals surface area contributed by atoms with Gasteiger partial charge >= 0.3 is 0 Å². The Bertz CT molecular complexity index is 1480. The molecule has 0 radical (unpaired) electrons. The fourth-order valence-corrected chi connectivity index (χ4v) is 5.46. The Hall–Kier alpha value is -4.33. The van der Waals surface area contributed by atoms with Crippen LogP contribution in [-0.4, -0.2) is 47.0 Å². The average molecular weight is 468 g/mol. The van der Waals surface area contributed by atoms with Crippen LogP contribution in [0.4, 0.5) is 11.4 Å². The highest BCUT2D eigenvalue weighted by atomic mass is 16.5. The molecule has 0 unspecified atom stereocenters. The number of hydrogen-bond donors (Lipinski definition) is 1. The molecule has 0 spiro atoms. The van der Waals surface area contributed by atoms with E-state index < -0.39 is 0 Å². The number of fused-ring (bicyclic) bond motifs is 6. The van der Waals surface area contributed by atoms with Crippen molar-refractivity contribution in [3.63, 3.8) is 0 Å². The molecule has 0 fully saturated rings. The van der Waals surface area contributed by atoms with Gasteiger partial charge in [0, 0.05) is 30.7 Å². The molecule has 4 heterocycles. The largest absolute Gasteiger partial charge is 0.480 e. The summed E-state index contributed by atoms with van der Waals surface area (Å²) in [5, 5.41) is 4.06. The van der Waals surface area contributed by atoms with Crippen LogP contribution in [0, 0.1) is 0 Å². The third-order valence-electron chi connectivity index (χ3n) is 6.94. The molecule has 6 rings (SSSR count). The highest BCUT2D eigenvalue weighted by molar-refractivity contribution is 6.03. The lowest BCUT2D eigenvalue weighted by molar-refractivity contribution is -0.116. The van der Waals surface area contributed by atoms with Crippen molar-refractivity contribution in [2.45, 2.75) is 19.1 Å². The summed E-state index contributed by atoms with van der Waals surface area (Å²) < 4.78 is 7.34. The van der Waals surface area contributed by atoms with Crippen molar-refractivity contribution >= 4 is 34.1 Å². The molecule has 8 nitrogen and oxygen atoms in total. The molecule has 0 saturated heterocycles. The van der Waals surface area contributed by atoms with Crippen LogP contribution in [0.1, 0.15) is 27.8 Å². The normalized spacial score (nSPS) is 16.5. The van der Waals surface area contributed by atoms with Crippen LogP contribution in [0.5, 0.6) is 5.88 Å². The molecule has 0 aliphatic carbocycles. The second kappa shape index (κ2) is 8.16. The maximum absolute atomic E-state index is 13.5. The third kappa shape index (κ3) is 3.24. The first-order chi connectivity index (χ1) is 17.1. The molecule has 2 aliphatic heterocycles. The van der Waals surface area contributed by atoms with Crippen molar-refractivity contribution in [2.75, 3.05) is 30.9 Å². The summed E-state index contributed by atoms with van der Waals surface area (Å²) in [6, 6.07) is 19.4. The Balaban J connectivity index is 1.45. The van der Waals surface area contributed by atoms with Gasteiger partial charge < -0.3 is 24.4 Å². The molecule has 2 amide bonds. The Morgan fingerprint density at radius 1 is 1.11 bits per heavy atom. The zero-order chi connectivity index (χ0) is 24.1. The number of rotatable bonds is 4. The summed E-state index contributed by atoms with van der Waals surface area (Å²) in [6.45, 7) is 0.726. The summed E-state index contributed by atoms with van der Waals surface area (Å²) >= 11 is 0. The molecule has 2 aromatic carbocycles. The van der Waals surface area contributed by atoms with Crippen molar-refractivity contribution in [1.29, 1.82) is 0 Å². The maximum atomic E-state index is 13.5. The molecule has 1 atom stereocenters. The quantitative estimate of drug-likeness (QED) is 0.494. The molecule has 4 aromatic rings. The average Bonchev–Trinajstić information content (AvgIpc) is 3.20. The number of carbonyl (C=O) groups excluding carboxylic acids is 2. The van der Waals surface area contributed by atoms with Crippen LogP contribution in [0.15, 0.2) is 66.9 Å². The molecule has 2 aliphatic rings. The minimum absolute atomic E-state index is 0.0238. The number of amides is 2. The van der Waals surface area contributed by atoms with Gasteiger partial charge in [0.05, 0.1) is 24.1 Å². The van der Waals surface area contributed by atoms with Gasteiger partial charge in [-0.1, -0.05) is 30.3 Å². The number of nitrogens with zero attached hydrogens (tertiary/aromatic N) is 4. The Morgan fingerprint density at radius 3 is 2.77 bits per heavy atom. The van der Waals surface area contributed by atoms with E-state index >= 15 is 0 Å². The van der Waals surface area contributed by atoms with Crippen molar-refractivity contribution in [1.82, 2.24) is 14.5 Å². The van der Waals surface area contributed by atoms with Gasteiger partial charge in [-0.15, -0.1) is 0 Å². The second-order valence-corrected chi connectivity index (χ2v) is 8.83. The summed E-state index contributed by atoms with van der Waals surface area (Å²) in [5.74, 6) is 0.193. The van der Waals surface area contributed by atoms with Crippen LogP contribution in [0.3, 0.4) is 0 Å². The summed E-state index contributed by atoms with van der Waals surface area (Å²) in [7, 11) is 3.54. The number of anilines is 2. The minimum atomic E-state index is -0.297. The third-order valence-corrected chi connectivity index (χ3v) is 6.94. The van der Waals surface area contributed by atoms with Crippen molar-refractivity contribution in [3.05, 3.63) is 83.7 Å². The van der Waals surface area contributed by atoms with Gasteiger partial charge in [-0.05, 0) is 42.3 Å². The topological polar surface area (TPSA) is 79.7 Å². The van der Waals surface area contributed by atoms with Crippen molar-refractivity contribution in [2.24, 2.45) is 0 Å². The van der Waals surface area contributed by atoms with Crippen molar-refractivity contribution in [3.8, 4) is 5.88 Å². The molecular formula is C27H25N5O3. The lowest BCUT2D eigenvalue weighted by Crippen LogP contribution is -2.51. The Kier molecular flexibility index (Phi) is 4.95. The summed E-state index contributed by atoms with van der Waals surface area (Å²) in [4.78, 5) is 35.0. The number of pyridine rings is 1. The number of carbonyl (C=O) groups is 2. The predicted molar refractivity (Wildman–Crippen MR) is 134 cm³/mol. The number of nitrogens with one attached hydrogen (secondary N) is 1. The minimum Gasteiger partial charge on any atom is -0.480 e. The summed E-state index contributed by atoms with van der Waals surface area (Å²) in [5.41, 5.74) is 5.27. The highest BCUT2D eigenvalue weighted by Gasteiger charge is 2.42. The Morgan fingerprint density at radius 2 is 1.91 bits per heavy atom. The monoisotopic (exact) mass is 467 g/mol.